The first-order valence-electron chi connectivity index (χ1n) is 6.26. The number of amides is 1. The van der Waals surface area contributed by atoms with Crippen LogP contribution in [0.5, 0.6) is 0 Å². The molecule has 0 unspecified atom stereocenters. The maximum atomic E-state index is 12.1. The summed E-state index contributed by atoms with van der Waals surface area (Å²) in [5.41, 5.74) is 1.85. The van der Waals surface area contributed by atoms with Crippen LogP contribution in [0.1, 0.15) is 23.0 Å². The molecule has 0 aliphatic carbocycles. The Morgan fingerprint density at radius 3 is 2.85 bits per heavy atom. The van der Waals surface area contributed by atoms with Crippen LogP contribution in [0, 0.1) is 0 Å². The predicted molar refractivity (Wildman–Crippen MR) is 74.9 cm³/mol. The predicted octanol–water partition coefficient (Wildman–Crippen LogP) is 2.29. The largest absolute Gasteiger partial charge is 0.333 e. The van der Waals surface area contributed by atoms with Gasteiger partial charge >= 0.3 is 0 Å². The van der Waals surface area contributed by atoms with E-state index in [1.165, 1.54) is 4.90 Å². The summed E-state index contributed by atoms with van der Waals surface area (Å²) in [6.45, 7) is 3.06. The van der Waals surface area contributed by atoms with E-state index >= 15 is 0 Å². The fourth-order valence-electron chi connectivity index (χ4n) is 2.35. The van der Waals surface area contributed by atoms with E-state index in [1.807, 2.05) is 11.5 Å². The van der Waals surface area contributed by atoms with Crippen LogP contribution in [-0.4, -0.2) is 21.2 Å². The zero-order valence-corrected chi connectivity index (χ0v) is 11.6. The van der Waals surface area contributed by atoms with Crippen LogP contribution in [-0.2, 0) is 17.9 Å². The van der Waals surface area contributed by atoms with E-state index in [0.717, 1.165) is 12.2 Å². The summed E-state index contributed by atoms with van der Waals surface area (Å²) in [6, 6.07) is 4.85. The molecular formula is C14H12ClN3O2. The Hall–Kier alpha value is -2.14. The van der Waals surface area contributed by atoms with Crippen LogP contribution in [0.2, 0.25) is 5.02 Å². The molecule has 5 nitrogen and oxygen atoms in total. The smallest absolute Gasteiger partial charge is 0.299 e. The second-order valence-corrected chi connectivity index (χ2v) is 4.99. The third-order valence-electron chi connectivity index (χ3n) is 3.39. The van der Waals surface area contributed by atoms with Gasteiger partial charge in [-0.1, -0.05) is 11.6 Å². The fraction of sp³-hybridized carbons (Fsp3) is 0.214. The number of benzene rings is 1. The number of aromatic nitrogens is 2. The van der Waals surface area contributed by atoms with Crippen molar-refractivity contribution in [3.63, 3.8) is 0 Å². The van der Waals surface area contributed by atoms with Crippen molar-refractivity contribution in [3.05, 3.63) is 47.0 Å². The first-order chi connectivity index (χ1) is 9.61. The first kappa shape index (κ1) is 12.9. The van der Waals surface area contributed by atoms with Crippen LogP contribution >= 0.6 is 11.6 Å². The van der Waals surface area contributed by atoms with Gasteiger partial charge in [-0.15, -0.1) is 0 Å². The molecule has 1 amide bonds. The lowest BCUT2D eigenvalue weighted by molar-refractivity contribution is -0.114. The molecule has 2 heterocycles. The summed E-state index contributed by atoms with van der Waals surface area (Å²) < 4.78 is 1.93. The van der Waals surface area contributed by atoms with Crippen LogP contribution in [0.3, 0.4) is 0 Å². The second kappa shape index (κ2) is 4.76. The lowest BCUT2D eigenvalue weighted by Crippen LogP contribution is -2.30. The number of hydrogen-bond donors (Lipinski definition) is 0. The maximum Gasteiger partial charge on any atom is 0.299 e. The molecule has 2 aromatic rings. The van der Waals surface area contributed by atoms with Crippen LogP contribution < -0.4 is 4.90 Å². The van der Waals surface area contributed by atoms with E-state index in [0.29, 0.717) is 22.8 Å². The monoisotopic (exact) mass is 289 g/mol. The first-order valence-corrected chi connectivity index (χ1v) is 6.64. The molecule has 0 saturated heterocycles. The van der Waals surface area contributed by atoms with E-state index in [4.69, 9.17) is 11.6 Å². The van der Waals surface area contributed by atoms with Crippen molar-refractivity contribution in [2.24, 2.45) is 0 Å². The number of hydrogen-bond acceptors (Lipinski definition) is 3. The fourth-order valence-corrected chi connectivity index (χ4v) is 2.52. The lowest BCUT2D eigenvalue weighted by Gasteiger charge is -2.17. The Kier molecular flexibility index (Phi) is 3.06. The zero-order chi connectivity index (χ0) is 14.3. The Bertz CT molecular complexity index is 708. The van der Waals surface area contributed by atoms with Crippen molar-refractivity contribution in [1.29, 1.82) is 0 Å². The number of imidazole rings is 1. The number of Topliss-reactive ketones (excluding diaryl/α,β-unsaturated/α-hetero) is 1. The van der Waals surface area contributed by atoms with Crippen molar-refractivity contribution in [2.45, 2.75) is 20.0 Å². The third kappa shape index (κ3) is 1.91. The number of halogens is 1. The standard InChI is InChI=1S/C14H12ClN3O2/c1-2-17-8-16-6-10(17)7-18-12-5-9(15)3-4-11(12)13(19)14(18)20/h3-6,8H,2,7H2,1H3. The summed E-state index contributed by atoms with van der Waals surface area (Å²) in [7, 11) is 0. The molecule has 1 aromatic carbocycles. The van der Waals surface area contributed by atoms with Gasteiger partial charge in [0.25, 0.3) is 11.7 Å². The van der Waals surface area contributed by atoms with E-state index in [2.05, 4.69) is 4.98 Å². The highest BCUT2D eigenvalue weighted by Gasteiger charge is 2.36. The average molecular weight is 290 g/mol. The van der Waals surface area contributed by atoms with Gasteiger partial charge in [0.1, 0.15) is 0 Å². The summed E-state index contributed by atoms with van der Waals surface area (Å²) in [6.07, 6.45) is 3.40. The highest BCUT2D eigenvalue weighted by Crippen LogP contribution is 2.32. The van der Waals surface area contributed by atoms with Gasteiger partial charge in [-0.25, -0.2) is 4.98 Å². The molecule has 0 atom stereocenters. The topological polar surface area (TPSA) is 55.2 Å². The Morgan fingerprint density at radius 1 is 1.30 bits per heavy atom. The molecule has 3 rings (SSSR count). The second-order valence-electron chi connectivity index (χ2n) is 4.55. The molecule has 1 aliphatic heterocycles. The number of fused-ring (bicyclic) bond motifs is 1. The van der Waals surface area contributed by atoms with Crippen LogP contribution in [0.4, 0.5) is 5.69 Å². The van der Waals surface area contributed by atoms with Crippen molar-refractivity contribution >= 4 is 29.0 Å². The number of carbonyl (C=O) groups excluding carboxylic acids is 2. The zero-order valence-electron chi connectivity index (χ0n) is 10.8. The average Bonchev–Trinajstić information content (AvgIpc) is 2.98. The van der Waals surface area contributed by atoms with Crippen molar-refractivity contribution in [3.8, 4) is 0 Å². The van der Waals surface area contributed by atoms with E-state index < -0.39 is 11.7 Å². The molecule has 0 fully saturated rings. The van der Waals surface area contributed by atoms with Gasteiger partial charge in [-0.05, 0) is 25.1 Å². The number of aryl methyl sites for hydroxylation is 1. The van der Waals surface area contributed by atoms with Crippen LogP contribution in [0.15, 0.2) is 30.7 Å². The molecule has 1 aromatic heterocycles. The summed E-state index contributed by atoms with van der Waals surface area (Å²) in [5, 5.41) is 0.500. The van der Waals surface area contributed by atoms with Gasteiger partial charge in [0.2, 0.25) is 0 Å². The molecule has 0 spiro atoms. The highest BCUT2D eigenvalue weighted by atomic mass is 35.5. The maximum absolute atomic E-state index is 12.1. The van der Waals surface area contributed by atoms with Gasteiger partial charge in [0, 0.05) is 17.8 Å². The molecule has 0 saturated carbocycles. The minimum Gasteiger partial charge on any atom is -0.333 e. The molecule has 1 aliphatic rings. The van der Waals surface area contributed by atoms with E-state index in [-0.39, 0.29) is 0 Å². The highest BCUT2D eigenvalue weighted by molar-refractivity contribution is 6.52. The van der Waals surface area contributed by atoms with Gasteiger partial charge in [-0.3, -0.25) is 14.5 Å². The SMILES string of the molecule is CCn1cncc1CN1C(=O)C(=O)c2ccc(Cl)cc21. The molecule has 6 heteroatoms. The Morgan fingerprint density at radius 2 is 2.10 bits per heavy atom. The van der Waals surface area contributed by atoms with Gasteiger partial charge in [0.15, 0.2) is 0 Å². The number of rotatable bonds is 3. The van der Waals surface area contributed by atoms with E-state index in [1.54, 1.807) is 30.7 Å². The lowest BCUT2D eigenvalue weighted by atomic mass is 10.1. The van der Waals surface area contributed by atoms with Gasteiger partial charge in [-0.2, -0.15) is 0 Å². The van der Waals surface area contributed by atoms with Crippen molar-refractivity contribution in [1.82, 2.24) is 9.55 Å². The molecule has 102 valence electrons. The number of ketones is 1. The van der Waals surface area contributed by atoms with E-state index in [9.17, 15) is 9.59 Å². The normalized spacial score (nSPS) is 14.0. The summed E-state index contributed by atoms with van der Waals surface area (Å²) in [4.78, 5) is 29.6. The molecule has 20 heavy (non-hydrogen) atoms. The molecule has 0 radical (unpaired) electrons. The quantitative estimate of drug-likeness (QED) is 0.815. The summed E-state index contributed by atoms with van der Waals surface area (Å²) in [5.74, 6) is -1.01. The molecular weight excluding hydrogens is 278 g/mol. The van der Waals surface area contributed by atoms with Gasteiger partial charge in [0.05, 0.1) is 29.8 Å². The molecule has 0 bridgehead atoms. The Balaban J connectivity index is 2.01. The number of anilines is 1. The summed E-state index contributed by atoms with van der Waals surface area (Å²) >= 11 is 5.96. The minimum absolute atomic E-state index is 0.311. The third-order valence-corrected chi connectivity index (χ3v) is 3.63. The Labute approximate surface area is 120 Å². The molecule has 0 N–H and O–H groups in total. The van der Waals surface area contributed by atoms with Crippen LogP contribution in [0.25, 0.3) is 0 Å². The van der Waals surface area contributed by atoms with Gasteiger partial charge < -0.3 is 4.57 Å². The minimum atomic E-state index is -0.522. The number of carbonyl (C=O) groups is 2. The van der Waals surface area contributed by atoms with Crippen molar-refractivity contribution < 1.29 is 9.59 Å². The number of nitrogens with zero attached hydrogens (tertiary/aromatic N) is 3. The van der Waals surface area contributed by atoms with Crippen molar-refractivity contribution in [2.75, 3.05) is 4.90 Å².